The Morgan fingerprint density at radius 1 is 0.652 bits per heavy atom. The molecule has 0 spiro atoms. The molecule has 116 valence electrons. The van der Waals surface area contributed by atoms with E-state index in [0.29, 0.717) is 12.3 Å². The van der Waals surface area contributed by atoms with Gasteiger partial charge >= 0.3 is 0 Å². The molecule has 3 rings (SSSR count). The van der Waals surface area contributed by atoms with Crippen molar-refractivity contribution in [2.75, 3.05) is 0 Å². The number of hydrogen-bond acceptors (Lipinski definition) is 2. The van der Waals surface area contributed by atoms with Gasteiger partial charge in [-0.05, 0) is 16.7 Å². The van der Waals surface area contributed by atoms with Crippen molar-refractivity contribution in [1.29, 1.82) is 0 Å². The summed E-state index contributed by atoms with van der Waals surface area (Å²) >= 11 is -1.07. The molecule has 1 atom stereocenters. The third-order valence-electron chi connectivity index (χ3n) is 3.64. The largest absolute Gasteiger partial charge is 0.598 e. The van der Waals surface area contributed by atoms with Crippen LogP contribution in [0.5, 0.6) is 0 Å². The van der Waals surface area contributed by atoms with Crippen LogP contribution in [-0.4, -0.2) is 4.55 Å². The Balaban J connectivity index is 1.55. The van der Waals surface area contributed by atoms with Crippen molar-refractivity contribution in [3.05, 3.63) is 96.1 Å². The van der Waals surface area contributed by atoms with E-state index in [4.69, 9.17) is 0 Å². The average Bonchev–Trinajstić information content (AvgIpc) is 2.62. The van der Waals surface area contributed by atoms with Gasteiger partial charge in [0.2, 0.25) is 0 Å². The highest BCUT2D eigenvalue weighted by atomic mass is 32.2. The van der Waals surface area contributed by atoms with E-state index in [1.54, 1.807) is 0 Å². The van der Waals surface area contributed by atoms with Crippen molar-refractivity contribution >= 4 is 11.4 Å². The maximum Gasteiger partial charge on any atom is 0.150 e. The van der Waals surface area contributed by atoms with Crippen molar-refractivity contribution < 1.29 is 4.55 Å². The summed E-state index contributed by atoms with van der Waals surface area (Å²) < 4.78 is 15.2. The lowest BCUT2D eigenvalue weighted by atomic mass is 10.0. The van der Waals surface area contributed by atoms with Gasteiger partial charge in [0, 0.05) is 16.9 Å². The second kappa shape index (κ2) is 7.97. The summed E-state index contributed by atoms with van der Waals surface area (Å²) in [5, 5.41) is 0. The molecule has 0 bridgehead atoms. The lowest BCUT2D eigenvalue weighted by molar-refractivity contribution is 0.579. The van der Waals surface area contributed by atoms with Gasteiger partial charge in [0.25, 0.3) is 0 Å². The molecule has 0 heterocycles. The summed E-state index contributed by atoms with van der Waals surface area (Å²) in [5.74, 6) is 0.516. The maximum absolute atomic E-state index is 12.1. The van der Waals surface area contributed by atoms with Gasteiger partial charge in [-0.3, -0.25) is 0 Å². The fraction of sp³-hybridized carbons (Fsp3) is 0.100. The summed E-state index contributed by atoms with van der Waals surface area (Å²) in [6, 6.07) is 28.5. The molecule has 0 saturated heterocycles. The second-order valence-corrected chi connectivity index (χ2v) is 6.63. The Morgan fingerprint density at radius 2 is 1.22 bits per heavy atom. The van der Waals surface area contributed by atoms with Crippen LogP contribution in [0, 0.1) is 0 Å². The van der Waals surface area contributed by atoms with E-state index in [1.165, 1.54) is 11.1 Å². The van der Waals surface area contributed by atoms with Crippen LogP contribution < -0.4 is 4.72 Å². The lowest BCUT2D eigenvalue weighted by Crippen LogP contribution is -2.24. The van der Waals surface area contributed by atoms with Crippen LogP contribution in [0.1, 0.15) is 11.1 Å². The molecule has 0 radical (unpaired) electrons. The average molecular weight is 321 g/mol. The van der Waals surface area contributed by atoms with Gasteiger partial charge in [-0.25, -0.2) is 0 Å². The minimum Gasteiger partial charge on any atom is -0.598 e. The highest BCUT2D eigenvalue weighted by molar-refractivity contribution is 7.88. The van der Waals surface area contributed by atoms with E-state index in [2.05, 4.69) is 29.0 Å². The lowest BCUT2D eigenvalue weighted by Gasteiger charge is -2.12. The second-order valence-electron chi connectivity index (χ2n) is 5.36. The molecule has 3 aromatic rings. The third kappa shape index (κ3) is 4.70. The first kappa shape index (κ1) is 15.8. The molecule has 23 heavy (non-hydrogen) atoms. The minimum atomic E-state index is -1.07. The van der Waals surface area contributed by atoms with Crippen LogP contribution in [0.25, 0.3) is 11.1 Å². The summed E-state index contributed by atoms with van der Waals surface area (Å²) in [6.07, 6.45) is 0. The number of rotatable bonds is 6. The first-order chi connectivity index (χ1) is 11.3. The van der Waals surface area contributed by atoms with Crippen LogP contribution in [0.4, 0.5) is 0 Å². The van der Waals surface area contributed by atoms with Crippen LogP contribution in [-0.2, 0) is 23.7 Å². The van der Waals surface area contributed by atoms with Gasteiger partial charge in [-0.15, -0.1) is 4.72 Å². The van der Waals surface area contributed by atoms with Crippen molar-refractivity contribution in [3.8, 4) is 11.1 Å². The number of benzene rings is 3. The predicted octanol–water partition coefficient (Wildman–Crippen LogP) is 4.31. The molecular formula is C20H19NOS. The van der Waals surface area contributed by atoms with Crippen molar-refractivity contribution in [1.82, 2.24) is 4.72 Å². The Hall–Kier alpha value is -2.07. The highest BCUT2D eigenvalue weighted by Gasteiger charge is 2.08. The van der Waals surface area contributed by atoms with Crippen LogP contribution in [0.2, 0.25) is 0 Å². The van der Waals surface area contributed by atoms with Crippen LogP contribution in [0.3, 0.4) is 0 Å². The Kier molecular flexibility index (Phi) is 5.48. The van der Waals surface area contributed by atoms with E-state index < -0.39 is 11.4 Å². The molecule has 3 heteroatoms. The first-order valence-corrected chi connectivity index (χ1v) is 8.93. The molecular weight excluding hydrogens is 302 g/mol. The third-order valence-corrected chi connectivity index (χ3v) is 4.70. The SMILES string of the molecule is [O-][S+](Cc1ccc(-c2ccccc2)cc1)NCc1ccccc1. The van der Waals surface area contributed by atoms with Crippen molar-refractivity contribution in [2.45, 2.75) is 12.3 Å². The zero-order valence-electron chi connectivity index (χ0n) is 12.8. The molecule has 0 fully saturated rings. The summed E-state index contributed by atoms with van der Waals surface area (Å²) in [6.45, 7) is 0.621. The van der Waals surface area contributed by atoms with Crippen molar-refractivity contribution in [3.63, 3.8) is 0 Å². The minimum absolute atomic E-state index is 0.516. The molecule has 0 amide bonds. The fourth-order valence-electron chi connectivity index (χ4n) is 2.39. The monoisotopic (exact) mass is 321 g/mol. The van der Waals surface area contributed by atoms with Gasteiger partial charge in [0.15, 0.2) is 5.75 Å². The smallest absolute Gasteiger partial charge is 0.150 e. The molecule has 0 aromatic heterocycles. The van der Waals surface area contributed by atoms with Gasteiger partial charge in [0.1, 0.15) is 0 Å². The molecule has 2 nitrogen and oxygen atoms in total. The summed E-state index contributed by atoms with van der Waals surface area (Å²) in [5.41, 5.74) is 4.59. The van der Waals surface area contributed by atoms with E-state index in [0.717, 1.165) is 11.1 Å². The van der Waals surface area contributed by atoms with Gasteiger partial charge in [-0.1, -0.05) is 84.9 Å². The van der Waals surface area contributed by atoms with Gasteiger partial charge in [0.05, 0.1) is 6.54 Å². The molecule has 1 N–H and O–H groups in total. The normalized spacial score (nSPS) is 12.0. The number of hydrogen-bond donors (Lipinski definition) is 1. The fourth-order valence-corrected chi connectivity index (χ4v) is 3.31. The molecule has 0 aliphatic carbocycles. The molecule has 3 aromatic carbocycles. The Labute approximate surface area is 140 Å². The van der Waals surface area contributed by atoms with Gasteiger partial charge in [-0.2, -0.15) is 0 Å². The highest BCUT2D eigenvalue weighted by Crippen LogP contribution is 2.19. The predicted molar refractivity (Wildman–Crippen MR) is 97.0 cm³/mol. The maximum atomic E-state index is 12.1. The van der Waals surface area contributed by atoms with Crippen LogP contribution >= 0.6 is 0 Å². The summed E-state index contributed by atoms with van der Waals surface area (Å²) in [4.78, 5) is 0. The van der Waals surface area contributed by atoms with Gasteiger partial charge < -0.3 is 4.55 Å². The van der Waals surface area contributed by atoms with E-state index in [9.17, 15) is 4.55 Å². The van der Waals surface area contributed by atoms with Crippen LogP contribution in [0.15, 0.2) is 84.9 Å². The molecule has 0 saturated carbocycles. The zero-order valence-corrected chi connectivity index (χ0v) is 13.6. The standard InChI is InChI=1S/C20H19NOS/c22-23(21-15-17-7-3-1-4-8-17)16-18-11-13-20(14-12-18)19-9-5-2-6-10-19/h1-14,21H,15-16H2. The number of nitrogens with one attached hydrogen (secondary N) is 1. The van der Waals surface area contributed by atoms with Crippen molar-refractivity contribution in [2.24, 2.45) is 0 Å². The Morgan fingerprint density at radius 3 is 1.87 bits per heavy atom. The molecule has 1 unspecified atom stereocenters. The molecule has 0 aliphatic rings. The quantitative estimate of drug-likeness (QED) is 0.687. The zero-order chi connectivity index (χ0) is 15.9. The molecule has 0 aliphatic heterocycles. The van der Waals surface area contributed by atoms with E-state index in [1.807, 2.05) is 60.7 Å². The van der Waals surface area contributed by atoms with E-state index in [-0.39, 0.29) is 0 Å². The topological polar surface area (TPSA) is 35.1 Å². The Bertz CT molecular complexity index is 714. The first-order valence-electron chi connectivity index (χ1n) is 7.61. The summed E-state index contributed by atoms with van der Waals surface area (Å²) in [7, 11) is 0. The van der Waals surface area contributed by atoms with E-state index >= 15 is 0 Å².